The lowest BCUT2D eigenvalue weighted by Crippen LogP contribution is -2.38. The number of carbonyl (C=O) groups is 3. The SMILES string of the molecule is CC(C)(C)C(=O)NCC(=O)C[C@H]1CCNC1=O. The number of Topliss-reactive ketones (excluding diaryl/α,β-unsaturated/α-hetero) is 1. The zero-order chi connectivity index (χ0) is 13.1. The van der Waals surface area contributed by atoms with E-state index in [1.165, 1.54) is 0 Å². The highest BCUT2D eigenvalue weighted by Crippen LogP contribution is 2.14. The molecule has 0 spiro atoms. The molecular weight excluding hydrogens is 220 g/mol. The van der Waals surface area contributed by atoms with Gasteiger partial charge in [0, 0.05) is 24.3 Å². The lowest BCUT2D eigenvalue weighted by Gasteiger charge is -2.17. The van der Waals surface area contributed by atoms with E-state index in [0.717, 1.165) is 0 Å². The fourth-order valence-electron chi connectivity index (χ4n) is 1.63. The van der Waals surface area contributed by atoms with Gasteiger partial charge in [0.25, 0.3) is 0 Å². The summed E-state index contributed by atoms with van der Waals surface area (Å²) in [6.45, 7) is 6.02. The molecular formula is C12H20N2O3. The Kier molecular flexibility index (Phi) is 4.26. The Hall–Kier alpha value is -1.39. The van der Waals surface area contributed by atoms with Crippen molar-refractivity contribution < 1.29 is 14.4 Å². The van der Waals surface area contributed by atoms with Gasteiger partial charge >= 0.3 is 0 Å². The molecule has 0 aliphatic carbocycles. The molecule has 96 valence electrons. The summed E-state index contributed by atoms with van der Waals surface area (Å²) in [5.41, 5.74) is -0.495. The van der Waals surface area contributed by atoms with Crippen LogP contribution in [0.2, 0.25) is 0 Å². The van der Waals surface area contributed by atoms with E-state index in [4.69, 9.17) is 0 Å². The first-order valence-electron chi connectivity index (χ1n) is 5.88. The van der Waals surface area contributed by atoms with Crippen molar-refractivity contribution in [2.75, 3.05) is 13.1 Å². The highest BCUT2D eigenvalue weighted by atomic mass is 16.2. The van der Waals surface area contributed by atoms with Crippen LogP contribution in [-0.4, -0.2) is 30.7 Å². The van der Waals surface area contributed by atoms with Gasteiger partial charge in [0.05, 0.1) is 6.54 Å². The molecule has 0 unspecified atom stereocenters. The molecule has 0 bridgehead atoms. The number of hydrogen-bond donors (Lipinski definition) is 2. The maximum Gasteiger partial charge on any atom is 0.225 e. The van der Waals surface area contributed by atoms with Crippen molar-refractivity contribution in [2.24, 2.45) is 11.3 Å². The van der Waals surface area contributed by atoms with Crippen LogP contribution < -0.4 is 10.6 Å². The monoisotopic (exact) mass is 240 g/mol. The van der Waals surface area contributed by atoms with Gasteiger partial charge in [0.15, 0.2) is 5.78 Å². The van der Waals surface area contributed by atoms with E-state index in [-0.39, 0.29) is 36.5 Å². The number of ketones is 1. The lowest BCUT2D eigenvalue weighted by atomic mass is 9.95. The van der Waals surface area contributed by atoms with Gasteiger partial charge in [-0.3, -0.25) is 14.4 Å². The molecule has 1 heterocycles. The summed E-state index contributed by atoms with van der Waals surface area (Å²) in [6, 6.07) is 0. The summed E-state index contributed by atoms with van der Waals surface area (Å²) in [6.07, 6.45) is 0.925. The molecule has 5 nitrogen and oxygen atoms in total. The topological polar surface area (TPSA) is 75.3 Å². The first-order chi connectivity index (χ1) is 7.80. The van der Waals surface area contributed by atoms with Crippen LogP contribution in [0.5, 0.6) is 0 Å². The second kappa shape index (κ2) is 5.29. The molecule has 0 aromatic rings. The Bertz CT molecular complexity index is 331. The van der Waals surface area contributed by atoms with Crippen LogP contribution in [0.1, 0.15) is 33.6 Å². The normalized spacial score (nSPS) is 19.9. The third-order valence-electron chi connectivity index (χ3n) is 2.76. The molecule has 2 N–H and O–H groups in total. The molecule has 1 aliphatic rings. The second-order valence-electron chi connectivity index (χ2n) is 5.45. The van der Waals surface area contributed by atoms with Crippen LogP contribution in [0.3, 0.4) is 0 Å². The van der Waals surface area contributed by atoms with Crippen LogP contribution in [0, 0.1) is 11.3 Å². The van der Waals surface area contributed by atoms with Crippen LogP contribution in [0.15, 0.2) is 0 Å². The van der Waals surface area contributed by atoms with Gasteiger partial charge in [-0.2, -0.15) is 0 Å². The lowest BCUT2D eigenvalue weighted by molar-refractivity contribution is -0.131. The Morgan fingerprint density at radius 3 is 2.53 bits per heavy atom. The average molecular weight is 240 g/mol. The van der Waals surface area contributed by atoms with E-state index in [0.29, 0.717) is 13.0 Å². The Morgan fingerprint density at radius 2 is 2.06 bits per heavy atom. The number of carbonyl (C=O) groups excluding carboxylic acids is 3. The van der Waals surface area contributed by atoms with E-state index in [1.54, 1.807) is 20.8 Å². The van der Waals surface area contributed by atoms with Gasteiger partial charge in [-0.25, -0.2) is 0 Å². The average Bonchev–Trinajstić information content (AvgIpc) is 2.59. The summed E-state index contributed by atoms with van der Waals surface area (Å²) < 4.78 is 0. The van der Waals surface area contributed by atoms with Crippen molar-refractivity contribution in [3.05, 3.63) is 0 Å². The molecule has 0 aromatic carbocycles. The second-order valence-corrected chi connectivity index (χ2v) is 5.45. The van der Waals surface area contributed by atoms with Crippen molar-refractivity contribution in [1.82, 2.24) is 10.6 Å². The summed E-state index contributed by atoms with van der Waals surface area (Å²) in [7, 11) is 0. The Morgan fingerprint density at radius 1 is 1.41 bits per heavy atom. The Labute approximate surface area is 101 Å². The molecule has 1 saturated heterocycles. The standard InChI is InChI=1S/C12H20N2O3/c1-12(2,3)11(17)14-7-9(15)6-8-4-5-13-10(8)16/h8H,4-7H2,1-3H3,(H,13,16)(H,14,17)/t8-/m1/s1. The Balaban J connectivity index is 2.31. The minimum Gasteiger partial charge on any atom is -0.356 e. The number of amides is 2. The van der Waals surface area contributed by atoms with E-state index < -0.39 is 5.41 Å². The molecule has 1 fully saturated rings. The number of nitrogens with one attached hydrogen (secondary N) is 2. The molecule has 0 saturated carbocycles. The van der Waals surface area contributed by atoms with Gasteiger partial charge in [0.1, 0.15) is 0 Å². The molecule has 0 radical (unpaired) electrons. The van der Waals surface area contributed by atoms with E-state index in [2.05, 4.69) is 10.6 Å². The first-order valence-corrected chi connectivity index (χ1v) is 5.88. The summed E-state index contributed by atoms with van der Waals surface area (Å²) >= 11 is 0. The van der Waals surface area contributed by atoms with Crippen molar-refractivity contribution in [3.63, 3.8) is 0 Å². The highest BCUT2D eigenvalue weighted by molar-refractivity contribution is 5.91. The van der Waals surface area contributed by atoms with Crippen LogP contribution in [0.25, 0.3) is 0 Å². The predicted molar refractivity (Wildman–Crippen MR) is 63.2 cm³/mol. The summed E-state index contributed by atoms with van der Waals surface area (Å²) in [5.74, 6) is -0.513. The highest BCUT2D eigenvalue weighted by Gasteiger charge is 2.27. The molecule has 17 heavy (non-hydrogen) atoms. The summed E-state index contributed by atoms with van der Waals surface area (Å²) in [5, 5.41) is 5.28. The minimum atomic E-state index is -0.495. The largest absolute Gasteiger partial charge is 0.356 e. The van der Waals surface area contributed by atoms with Crippen LogP contribution in [-0.2, 0) is 14.4 Å². The molecule has 0 aromatic heterocycles. The maximum absolute atomic E-state index is 11.6. The van der Waals surface area contributed by atoms with Crippen molar-refractivity contribution >= 4 is 17.6 Å². The smallest absolute Gasteiger partial charge is 0.225 e. The zero-order valence-corrected chi connectivity index (χ0v) is 10.6. The van der Waals surface area contributed by atoms with Gasteiger partial charge < -0.3 is 10.6 Å². The molecule has 1 atom stereocenters. The molecule has 1 rings (SSSR count). The minimum absolute atomic E-state index is 0.0138. The number of hydrogen-bond acceptors (Lipinski definition) is 3. The number of rotatable bonds is 4. The third-order valence-corrected chi connectivity index (χ3v) is 2.76. The van der Waals surface area contributed by atoms with Crippen molar-refractivity contribution in [3.8, 4) is 0 Å². The maximum atomic E-state index is 11.6. The van der Waals surface area contributed by atoms with E-state index >= 15 is 0 Å². The molecule has 2 amide bonds. The summed E-state index contributed by atoms with van der Waals surface area (Å²) in [4.78, 5) is 34.4. The molecule has 5 heteroatoms. The fourth-order valence-corrected chi connectivity index (χ4v) is 1.63. The van der Waals surface area contributed by atoms with Crippen LogP contribution in [0.4, 0.5) is 0 Å². The zero-order valence-electron chi connectivity index (χ0n) is 10.6. The van der Waals surface area contributed by atoms with E-state index in [9.17, 15) is 14.4 Å². The third kappa shape index (κ3) is 4.17. The van der Waals surface area contributed by atoms with Gasteiger partial charge in [-0.1, -0.05) is 20.8 Å². The molecule has 1 aliphatic heterocycles. The predicted octanol–water partition coefficient (Wildman–Crippen LogP) is 0.244. The van der Waals surface area contributed by atoms with Crippen LogP contribution >= 0.6 is 0 Å². The fraction of sp³-hybridized carbons (Fsp3) is 0.750. The quantitative estimate of drug-likeness (QED) is 0.739. The van der Waals surface area contributed by atoms with Gasteiger partial charge in [0.2, 0.25) is 11.8 Å². The van der Waals surface area contributed by atoms with Gasteiger partial charge in [-0.05, 0) is 6.42 Å². The first kappa shape index (κ1) is 13.7. The van der Waals surface area contributed by atoms with E-state index in [1.807, 2.05) is 0 Å². The van der Waals surface area contributed by atoms with Crippen molar-refractivity contribution in [2.45, 2.75) is 33.6 Å². The van der Waals surface area contributed by atoms with Crippen molar-refractivity contribution in [1.29, 1.82) is 0 Å². The van der Waals surface area contributed by atoms with Gasteiger partial charge in [-0.15, -0.1) is 0 Å².